The summed E-state index contributed by atoms with van der Waals surface area (Å²) in [5.41, 5.74) is -1.32. The van der Waals surface area contributed by atoms with Crippen LogP contribution in [-0.4, -0.2) is 40.8 Å². The molecule has 7 nitrogen and oxygen atoms in total. The van der Waals surface area contributed by atoms with Gasteiger partial charge in [-0.2, -0.15) is 0 Å². The third kappa shape index (κ3) is 9.18. The summed E-state index contributed by atoms with van der Waals surface area (Å²) in [6.45, 7) is 8.72. The molecule has 0 aliphatic rings. The van der Waals surface area contributed by atoms with E-state index in [0.29, 0.717) is 6.41 Å². The molecule has 0 aliphatic heterocycles. The lowest BCUT2D eigenvalue weighted by Gasteiger charge is -2.31. The molecule has 0 aromatic carbocycles. The lowest BCUT2D eigenvalue weighted by Crippen LogP contribution is -2.49. The van der Waals surface area contributed by atoms with E-state index >= 15 is 0 Å². The first kappa shape index (κ1) is 18.2. The molecule has 0 aromatic heterocycles. The highest BCUT2D eigenvalue weighted by Crippen LogP contribution is 2.15. The minimum Gasteiger partial charge on any atom is -0.481 e. The molecule has 0 bridgehead atoms. The number of rotatable bonds is 7. The maximum Gasteiger partial charge on any atom is 0.408 e. The van der Waals surface area contributed by atoms with Crippen molar-refractivity contribution in [2.75, 3.05) is 0 Å². The highest BCUT2D eigenvalue weighted by atomic mass is 16.6. The number of alkyl carbamates (subject to hydrolysis) is 1. The standard InChI is InChI=1S/C13H24N2O5/c1-12(2,3)20-11(19)15-13(4,5)7-9(14-8-16)6-10(17)18/h8-9H,6-7H2,1-5H3,(H,14,16)(H,15,19)(H,17,18). The van der Waals surface area contributed by atoms with Gasteiger partial charge in [0, 0.05) is 11.6 Å². The molecule has 0 spiro atoms. The van der Waals surface area contributed by atoms with Crippen LogP contribution in [0.3, 0.4) is 0 Å². The molecule has 1 unspecified atom stereocenters. The lowest BCUT2D eigenvalue weighted by molar-refractivity contribution is -0.137. The van der Waals surface area contributed by atoms with E-state index < -0.39 is 29.2 Å². The van der Waals surface area contributed by atoms with E-state index in [1.807, 2.05) is 0 Å². The minimum atomic E-state index is -1.02. The van der Waals surface area contributed by atoms with Crippen LogP contribution in [0.4, 0.5) is 4.79 Å². The second-order valence-corrected chi connectivity index (χ2v) is 6.29. The van der Waals surface area contributed by atoms with Crippen LogP contribution in [0.1, 0.15) is 47.5 Å². The first-order valence-corrected chi connectivity index (χ1v) is 6.38. The van der Waals surface area contributed by atoms with Crippen LogP contribution in [0.15, 0.2) is 0 Å². The summed E-state index contributed by atoms with van der Waals surface area (Å²) in [6, 6.07) is -0.560. The number of carbonyl (C=O) groups is 3. The summed E-state index contributed by atoms with van der Waals surface area (Å²) in [6.07, 6.45) is -0.0604. The fraction of sp³-hybridized carbons (Fsp3) is 0.769. The highest BCUT2D eigenvalue weighted by molar-refractivity contribution is 5.69. The molecule has 3 N–H and O–H groups in total. The summed E-state index contributed by atoms with van der Waals surface area (Å²) in [7, 11) is 0. The van der Waals surface area contributed by atoms with Crippen molar-refractivity contribution >= 4 is 18.5 Å². The van der Waals surface area contributed by atoms with Crippen molar-refractivity contribution in [1.29, 1.82) is 0 Å². The summed E-state index contributed by atoms with van der Waals surface area (Å²) < 4.78 is 5.14. The molecule has 2 amide bonds. The topological polar surface area (TPSA) is 105 Å². The number of hydrogen-bond acceptors (Lipinski definition) is 4. The van der Waals surface area contributed by atoms with Crippen LogP contribution in [0.2, 0.25) is 0 Å². The smallest absolute Gasteiger partial charge is 0.408 e. The van der Waals surface area contributed by atoms with Gasteiger partial charge in [0.15, 0.2) is 0 Å². The summed E-state index contributed by atoms with van der Waals surface area (Å²) in [5, 5.41) is 13.9. The quantitative estimate of drug-likeness (QED) is 0.612. The van der Waals surface area contributed by atoms with E-state index in [2.05, 4.69) is 10.6 Å². The number of amides is 2. The van der Waals surface area contributed by atoms with Crippen LogP contribution in [0.25, 0.3) is 0 Å². The molecule has 0 rings (SSSR count). The van der Waals surface area contributed by atoms with Crippen molar-refractivity contribution < 1.29 is 24.2 Å². The number of carbonyl (C=O) groups excluding carboxylic acids is 2. The number of hydrogen-bond donors (Lipinski definition) is 3. The van der Waals surface area contributed by atoms with Gasteiger partial charge in [-0.25, -0.2) is 4.79 Å². The Morgan fingerprint density at radius 2 is 1.80 bits per heavy atom. The van der Waals surface area contributed by atoms with E-state index in [0.717, 1.165) is 0 Å². The number of ether oxygens (including phenoxy) is 1. The average molecular weight is 288 g/mol. The van der Waals surface area contributed by atoms with Crippen molar-refractivity contribution in [3.8, 4) is 0 Å². The summed E-state index contributed by atoms with van der Waals surface area (Å²) >= 11 is 0. The average Bonchev–Trinajstić information content (AvgIpc) is 2.10. The van der Waals surface area contributed by atoms with E-state index in [1.54, 1.807) is 34.6 Å². The van der Waals surface area contributed by atoms with E-state index in [9.17, 15) is 14.4 Å². The Labute approximate surface area is 119 Å². The first-order valence-electron chi connectivity index (χ1n) is 6.38. The molecule has 7 heteroatoms. The fourth-order valence-corrected chi connectivity index (χ4v) is 1.74. The molecule has 0 aromatic rings. The Morgan fingerprint density at radius 1 is 1.25 bits per heavy atom. The molecular formula is C13H24N2O5. The second-order valence-electron chi connectivity index (χ2n) is 6.29. The predicted molar refractivity (Wildman–Crippen MR) is 73.3 cm³/mol. The summed E-state index contributed by atoms with van der Waals surface area (Å²) in [4.78, 5) is 32.9. The van der Waals surface area contributed by atoms with E-state index in [1.165, 1.54) is 0 Å². The zero-order valence-electron chi connectivity index (χ0n) is 12.6. The Hall–Kier alpha value is -1.79. The lowest BCUT2D eigenvalue weighted by atomic mass is 9.93. The number of aliphatic carboxylic acids is 1. The zero-order valence-corrected chi connectivity index (χ0v) is 12.6. The van der Waals surface area contributed by atoms with Gasteiger partial charge >= 0.3 is 12.1 Å². The van der Waals surface area contributed by atoms with E-state index in [-0.39, 0.29) is 12.8 Å². The molecule has 116 valence electrons. The van der Waals surface area contributed by atoms with Gasteiger partial charge in [0.1, 0.15) is 5.60 Å². The van der Waals surface area contributed by atoms with Crippen molar-refractivity contribution in [2.45, 2.75) is 64.6 Å². The molecule has 0 saturated carbocycles. The van der Waals surface area contributed by atoms with Gasteiger partial charge in [0.05, 0.1) is 6.42 Å². The third-order valence-corrected chi connectivity index (χ3v) is 2.32. The zero-order chi connectivity index (χ0) is 16.0. The Balaban J connectivity index is 4.56. The van der Waals surface area contributed by atoms with Crippen molar-refractivity contribution in [3.05, 3.63) is 0 Å². The molecule has 0 aliphatic carbocycles. The van der Waals surface area contributed by atoms with Crippen molar-refractivity contribution in [1.82, 2.24) is 10.6 Å². The van der Waals surface area contributed by atoms with Gasteiger partial charge in [0.25, 0.3) is 0 Å². The first-order chi connectivity index (χ1) is 8.95. The van der Waals surface area contributed by atoms with Crippen LogP contribution in [-0.2, 0) is 14.3 Å². The van der Waals surface area contributed by atoms with Gasteiger partial charge in [-0.15, -0.1) is 0 Å². The minimum absolute atomic E-state index is 0.210. The Kier molecular flexibility index (Phi) is 6.48. The third-order valence-electron chi connectivity index (χ3n) is 2.32. The Bertz CT molecular complexity index is 360. The molecule has 0 saturated heterocycles. The monoisotopic (exact) mass is 288 g/mol. The molecule has 1 atom stereocenters. The maximum absolute atomic E-state index is 11.7. The SMILES string of the molecule is CC(C)(CC(CC(=O)O)NC=O)NC(=O)OC(C)(C)C. The molecule has 0 heterocycles. The fourth-order valence-electron chi connectivity index (χ4n) is 1.74. The van der Waals surface area contributed by atoms with Gasteiger partial charge in [-0.05, 0) is 41.0 Å². The van der Waals surface area contributed by atoms with Crippen molar-refractivity contribution in [2.24, 2.45) is 0 Å². The van der Waals surface area contributed by atoms with Crippen LogP contribution >= 0.6 is 0 Å². The number of carboxylic acid groups (broad SMARTS) is 1. The van der Waals surface area contributed by atoms with Crippen LogP contribution in [0.5, 0.6) is 0 Å². The van der Waals surface area contributed by atoms with Gasteiger partial charge < -0.3 is 20.5 Å². The largest absolute Gasteiger partial charge is 0.481 e. The van der Waals surface area contributed by atoms with Gasteiger partial charge in [0.2, 0.25) is 6.41 Å². The van der Waals surface area contributed by atoms with Crippen LogP contribution in [0, 0.1) is 0 Å². The maximum atomic E-state index is 11.7. The number of carboxylic acids is 1. The normalized spacial score (nSPS) is 13.2. The second kappa shape index (κ2) is 7.12. The number of nitrogens with one attached hydrogen (secondary N) is 2. The molecule has 20 heavy (non-hydrogen) atoms. The molecule has 0 fully saturated rings. The molecular weight excluding hydrogens is 264 g/mol. The van der Waals surface area contributed by atoms with Crippen LogP contribution < -0.4 is 10.6 Å². The Morgan fingerprint density at radius 3 is 2.20 bits per heavy atom. The van der Waals surface area contributed by atoms with Gasteiger partial charge in [-0.1, -0.05) is 0 Å². The highest BCUT2D eigenvalue weighted by Gasteiger charge is 2.28. The van der Waals surface area contributed by atoms with E-state index in [4.69, 9.17) is 9.84 Å². The predicted octanol–water partition coefficient (Wildman–Crippen LogP) is 1.27. The van der Waals surface area contributed by atoms with Gasteiger partial charge in [-0.3, -0.25) is 9.59 Å². The molecule has 0 radical (unpaired) electrons. The summed E-state index contributed by atoms with van der Waals surface area (Å²) in [5.74, 6) is -1.02. The van der Waals surface area contributed by atoms with Crippen molar-refractivity contribution in [3.63, 3.8) is 0 Å².